The Morgan fingerprint density at radius 3 is 2.81 bits per heavy atom. The summed E-state index contributed by atoms with van der Waals surface area (Å²) in [5.74, 6) is -0.723. The Balaban J connectivity index is 1.85. The Morgan fingerprint density at radius 1 is 1.37 bits per heavy atom. The molecule has 152 valence electrons. The Kier molecular flexibility index (Phi) is 9.30. The third-order valence-electron chi connectivity index (χ3n) is 5.36. The van der Waals surface area contributed by atoms with Gasteiger partial charge in [0.15, 0.2) is 0 Å². The second-order valence-corrected chi connectivity index (χ2v) is 9.20. The number of hydrogen-bond donors (Lipinski definition) is 3. The number of aryl methyl sites for hydroxylation is 1. The lowest BCUT2D eigenvalue weighted by molar-refractivity contribution is 0.0702. The summed E-state index contributed by atoms with van der Waals surface area (Å²) in [7, 11) is 0. The number of alkyl halides is 1. The molecule has 1 aliphatic rings. The number of carboxylic acid groups (broad SMARTS) is 1. The van der Waals surface area contributed by atoms with Gasteiger partial charge in [-0.25, -0.2) is 4.79 Å². The number of aromatic carboxylic acids is 1. The Hall–Kier alpha value is -0.880. The first-order valence-electron chi connectivity index (χ1n) is 9.92. The van der Waals surface area contributed by atoms with Crippen LogP contribution in [-0.2, 0) is 6.42 Å². The van der Waals surface area contributed by atoms with Crippen LogP contribution >= 0.6 is 22.9 Å². The van der Waals surface area contributed by atoms with Gasteiger partial charge in [0, 0.05) is 16.2 Å². The van der Waals surface area contributed by atoms with E-state index in [9.17, 15) is 15.0 Å². The van der Waals surface area contributed by atoms with Gasteiger partial charge in [0.25, 0.3) is 0 Å². The zero-order valence-electron chi connectivity index (χ0n) is 15.9. The van der Waals surface area contributed by atoms with E-state index < -0.39 is 18.2 Å². The molecule has 1 aliphatic carbocycles. The molecule has 0 bridgehead atoms. The average Bonchev–Trinajstić information content (AvgIpc) is 3.19. The summed E-state index contributed by atoms with van der Waals surface area (Å²) in [6, 6.07) is 3.53. The predicted octanol–water partition coefficient (Wildman–Crippen LogP) is 4.87. The number of carbonyl (C=O) groups is 1. The maximum Gasteiger partial charge on any atom is 0.345 e. The minimum atomic E-state index is -0.881. The topological polar surface area (TPSA) is 77.8 Å². The lowest BCUT2D eigenvalue weighted by Gasteiger charge is -2.21. The van der Waals surface area contributed by atoms with E-state index in [4.69, 9.17) is 16.7 Å². The van der Waals surface area contributed by atoms with Crippen LogP contribution in [0.1, 0.15) is 66.4 Å². The molecule has 1 heterocycles. The van der Waals surface area contributed by atoms with E-state index in [0.717, 1.165) is 49.8 Å². The fourth-order valence-corrected chi connectivity index (χ4v) is 5.19. The van der Waals surface area contributed by atoms with Gasteiger partial charge in [0.2, 0.25) is 0 Å². The minimum absolute atomic E-state index is 0.0220. The summed E-state index contributed by atoms with van der Waals surface area (Å²) in [5, 5.41) is 29.4. The smallest absolute Gasteiger partial charge is 0.345 e. The molecule has 2 rings (SSSR count). The van der Waals surface area contributed by atoms with Crippen molar-refractivity contribution in [3.05, 3.63) is 34.0 Å². The summed E-state index contributed by atoms with van der Waals surface area (Å²) in [5.41, 5.74) is 0. The third-order valence-corrected chi connectivity index (χ3v) is 7.00. The standard InChI is InChI=1S/C21H31ClO4S/c1-2-3-4-6-14(23)9-11-17-16(18(22)13-19(17)24)8-5-7-15-10-12-20(27-15)21(25)26/h9-12,14,16-19,23-24H,2-8,13H2,1H3,(H,25,26)/b11-9+/t14-,16-,17-,18-,19-/m1/s1. The van der Waals surface area contributed by atoms with Crippen molar-refractivity contribution < 1.29 is 20.1 Å². The molecule has 0 aromatic carbocycles. The first-order valence-corrected chi connectivity index (χ1v) is 11.2. The molecule has 1 aromatic rings. The maximum absolute atomic E-state index is 11.0. The maximum atomic E-state index is 11.0. The molecule has 0 spiro atoms. The summed E-state index contributed by atoms with van der Waals surface area (Å²) >= 11 is 7.80. The molecule has 0 unspecified atom stereocenters. The molecule has 0 saturated heterocycles. The van der Waals surface area contributed by atoms with Crippen molar-refractivity contribution in [1.29, 1.82) is 0 Å². The molecule has 6 heteroatoms. The van der Waals surface area contributed by atoms with Gasteiger partial charge in [-0.1, -0.05) is 38.3 Å². The number of aliphatic hydroxyl groups excluding tert-OH is 2. The molecule has 5 atom stereocenters. The predicted molar refractivity (Wildman–Crippen MR) is 111 cm³/mol. The quantitative estimate of drug-likeness (QED) is 0.274. The van der Waals surface area contributed by atoms with Crippen molar-refractivity contribution in [3.8, 4) is 0 Å². The van der Waals surface area contributed by atoms with Gasteiger partial charge in [-0.3, -0.25) is 0 Å². The number of thiophene rings is 1. The minimum Gasteiger partial charge on any atom is -0.477 e. The lowest BCUT2D eigenvalue weighted by Crippen LogP contribution is -2.19. The van der Waals surface area contributed by atoms with Gasteiger partial charge in [0.05, 0.1) is 12.2 Å². The molecule has 3 N–H and O–H groups in total. The number of unbranched alkanes of at least 4 members (excludes halogenated alkanes) is 2. The molecule has 4 nitrogen and oxygen atoms in total. The number of aliphatic hydroxyl groups is 2. The highest BCUT2D eigenvalue weighted by Gasteiger charge is 2.39. The summed E-state index contributed by atoms with van der Waals surface area (Å²) < 4.78 is 0. The van der Waals surface area contributed by atoms with Gasteiger partial charge in [-0.05, 0) is 50.2 Å². The zero-order valence-corrected chi connectivity index (χ0v) is 17.5. The number of carboxylic acids is 1. The van der Waals surface area contributed by atoms with E-state index in [2.05, 4.69) is 6.92 Å². The van der Waals surface area contributed by atoms with Crippen LogP contribution in [0, 0.1) is 11.8 Å². The Bertz CT molecular complexity index is 615. The van der Waals surface area contributed by atoms with E-state index in [0.29, 0.717) is 11.3 Å². The highest BCUT2D eigenvalue weighted by molar-refractivity contribution is 7.13. The summed E-state index contributed by atoms with van der Waals surface area (Å²) in [6.07, 6.45) is 10.1. The van der Waals surface area contributed by atoms with Crippen molar-refractivity contribution in [3.63, 3.8) is 0 Å². The number of halogens is 1. The largest absolute Gasteiger partial charge is 0.477 e. The molecular weight excluding hydrogens is 384 g/mol. The van der Waals surface area contributed by atoms with Gasteiger partial charge in [-0.15, -0.1) is 22.9 Å². The van der Waals surface area contributed by atoms with Crippen LogP contribution in [0.25, 0.3) is 0 Å². The molecule has 0 radical (unpaired) electrons. The second kappa shape index (κ2) is 11.2. The van der Waals surface area contributed by atoms with Gasteiger partial charge < -0.3 is 15.3 Å². The molecular formula is C21H31ClO4S. The van der Waals surface area contributed by atoms with Crippen molar-refractivity contribution >= 4 is 28.9 Å². The van der Waals surface area contributed by atoms with Crippen molar-refractivity contribution in [1.82, 2.24) is 0 Å². The highest BCUT2D eigenvalue weighted by atomic mass is 35.5. The summed E-state index contributed by atoms with van der Waals surface area (Å²) in [6.45, 7) is 2.14. The third kappa shape index (κ3) is 6.90. The second-order valence-electron chi connectivity index (χ2n) is 7.47. The number of rotatable bonds is 11. The molecule has 0 aliphatic heterocycles. The molecule has 27 heavy (non-hydrogen) atoms. The van der Waals surface area contributed by atoms with Crippen LogP contribution in [0.4, 0.5) is 0 Å². The Morgan fingerprint density at radius 2 is 2.15 bits per heavy atom. The fourth-order valence-electron chi connectivity index (χ4n) is 3.83. The highest BCUT2D eigenvalue weighted by Crippen LogP contribution is 2.40. The van der Waals surface area contributed by atoms with Gasteiger partial charge >= 0.3 is 5.97 Å². The Labute approximate surface area is 170 Å². The first kappa shape index (κ1) is 22.4. The summed E-state index contributed by atoms with van der Waals surface area (Å²) in [4.78, 5) is 12.4. The van der Waals surface area contributed by atoms with Crippen molar-refractivity contribution in [2.75, 3.05) is 0 Å². The van der Waals surface area contributed by atoms with Crippen molar-refractivity contribution in [2.24, 2.45) is 11.8 Å². The average molecular weight is 415 g/mol. The monoisotopic (exact) mass is 414 g/mol. The SMILES string of the molecule is CCCCC[C@@H](O)/C=C/[C@@H]1[C@@H](CCCc2ccc(C(=O)O)s2)[C@H](Cl)C[C@H]1O. The van der Waals surface area contributed by atoms with Gasteiger partial charge in [0.1, 0.15) is 4.88 Å². The number of hydrogen-bond acceptors (Lipinski definition) is 4. The van der Waals surface area contributed by atoms with Gasteiger partial charge in [-0.2, -0.15) is 0 Å². The van der Waals surface area contributed by atoms with E-state index >= 15 is 0 Å². The first-order chi connectivity index (χ1) is 12.9. The van der Waals surface area contributed by atoms with Crippen LogP contribution in [0.5, 0.6) is 0 Å². The molecule has 0 amide bonds. The van der Waals surface area contributed by atoms with E-state index in [1.165, 1.54) is 11.3 Å². The lowest BCUT2D eigenvalue weighted by atomic mass is 9.89. The van der Waals surface area contributed by atoms with Crippen molar-refractivity contribution in [2.45, 2.75) is 75.9 Å². The van der Waals surface area contributed by atoms with E-state index in [-0.39, 0.29) is 17.2 Å². The molecule has 1 aromatic heterocycles. The molecule has 1 saturated carbocycles. The van der Waals surface area contributed by atoms with Crippen LogP contribution in [-0.4, -0.2) is 38.9 Å². The normalized spacial score (nSPS) is 26.7. The zero-order chi connectivity index (χ0) is 19.8. The van der Waals surface area contributed by atoms with Crippen LogP contribution in [0.2, 0.25) is 0 Å². The van der Waals surface area contributed by atoms with Crippen LogP contribution in [0.15, 0.2) is 24.3 Å². The molecule has 1 fully saturated rings. The van der Waals surface area contributed by atoms with Crippen LogP contribution in [0.3, 0.4) is 0 Å². The fraction of sp³-hybridized carbons (Fsp3) is 0.667. The van der Waals surface area contributed by atoms with Crippen LogP contribution < -0.4 is 0 Å². The van der Waals surface area contributed by atoms with E-state index in [1.807, 2.05) is 18.2 Å². The van der Waals surface area contributed by atoms with E-state index in [1.54, 1.807) is 6.07 Å².